The number of thiophene rings is 1. The van der Waals surface area contributed by atoms with Gasteiger partial charge >= 0.3 is 0 Å². The summed E-state index contributed by atoms with van der Waals surface area (Å²) >= 11 is 1.26. The number of fused-ring (bicyclic) bond motifs is 2. The summed E-state index contributed by atoms with van der Waals surface area (Å²) in [6.07, 6.45) is 3.86. The van der Waals surface area contributed by atoms with E-state index in [1.165, 1.54) is 11.3 Å². The second-order valence-electron chi connectivity index (χ2n) is 8.78. The van der Waals surface area contributed by atoms with Gasteiger partial charge in [-0.3, -0.25) is 19.0 Å². The lowest BCUT2D eigenvalue weighted by Crippen LogP contribution is -2.24. The summed E-state index contributed by atoms with van der Waals surface area (Å²) in [4.78, 5) is 44.9. The molecule has 0 radical (unpaired) electrons. The van der Waals surface area contributed by atoms with E-state index in [4.69, 9.17) is 4.98 Å². The van der Waals surface area contributed by atoms with Gasteiger partial charge in [-0.1, -0.05) is 30.7 Å². The quantitative estimate of drug-likeness (QED) is 0.409. The lowest BCUT2D eigenvalue weighted by Gasteiger charge is -2.13. The summed E-state index contributed by atoms with van der Waals surface area (Å²) in [6.45, 7) is 4.33. The maximum Gasteiger partial charge on any atom is 0.266 e. The third kappa shape index (κ3) is 4.37. The minimum Gasteiger partial charge on any atom is -0.322 e. The number of carbonyl (C=O) groups excluding carboxylic acids is 2. The standard InChI is InChI=1S/C27H26N4O3S/c1-16-19(28-24(32)18-10-5-3-6-11-18)12-9-13-20(16)29-25(33)23-17(2)22-26(35-23)30-21-14-7-4-8-15-31(21)27(22)34/h3,5-6,9-13H,4,7-8,14-15H2,1-2H3,(H,28,32)(H,29,33). The van der Waals surface area contributed by atoms with Crippen LogP contribution in [0.3, 0.4) is 0 Å². The first kappa shape index (κ1) is 23.0. The molecule has 2 N–H and O–H groups in total. The van der Waals surface area contributed by atoms with E-state index in [9.17, 15) is 14.4 Å². The molecule has 35 heavy (non-hydrogen) atoms. The van der Waals surface area contributed by atoms with Gasteiger partial charge in [0.1, 0.15) is 10.7 Å². The number of anilines is 2. The molecule has 3 heterocycles. The number of nitrogens with one attached hydrogen (secondary N) is 2. The van der Waals surface area contributed by atoms with E-state index in [-0.39, 0.29) is 17.4 Å². The molecular weight excluding hydrogens is 460 g/mol. The molecule has 0 bridgehead atoms. The van der Waals surface area contributed by atoms with Crippen molar-refractivity contribution in [3.8, 4) is 0 Å². The van der Waals surface area contributed by atoms with Crippen LogP contribution in [0.4, 0.5) is 11.4 Å². The van der Waals surface area contributed by atoms with E-state index in [0.717, 1.165) is 37.1 Å². The Balaban J connectivity index is 1.43. The van der Waals surface area contributed by atoms with E-state index in [2.05, 4.69) is 10.6 Å². The second-order valence-corrected chi connectivity index (χ2v) is 9.78. The number of aromatic nitrogens is 2. The van der Waals surface area contributed by atoms with Crippen LogP contribution in [0.1, 0.15) is 56.2 Å². The highest BCUT2D eigenvalue weighted by Crippen LogP contribution is 2.30. The predicted octanol–water partition coefficient (Wildman–Crippen LogP) is 5.31. The van der Waals surface area contributed by atoms with Crippen molar-refractivity contribution < 1.29 is 9.59 Å². The molecule has 8 heteroatoms. The maximum atomic E-state index is 13.3. The van der Waals surface area contributed by atoms with E-state index >= 15 is 0 Å². The molecule has 5 rings (SSSR count). The highest BCUT2D eigenvalue weighted by molar-refractivity contribution is 7.20. The first-order valence-corrected chi connectivity index (χ1v) is 12.6. The smallest absolute Gasteiger partial charge is 0.266 e. The number of amides is 2. The number of aryl methyl sites for hydroxylation is 2. The molecule has 4 aromatic rings. The van der Waals surface area contributed by atoms with E-state index in [0.29, 0.717) is 44.1 Å². The minimum absolute atomic E-state index is 0.0542. The van der Waals surface area contributed by atoms with Gasteiger partial charge in [0.15, 0.2) is 0 Å². The molecule has 0 aliphatic carbocycles. The Morgan fingerprint density at radius 1 is 0.886 bits per heavy atom. The lowest BCUT2D eigenvalue weighted by atomic mass is 10.1. The third-order valence-corrected chi connectivity index (χ3v) is 7.67. The Labute approximate surface area is 206 Å². The summed E-state index contributed by atoms with van der Waals surface area (Å²) in [5.41, 5.74) is 3.12. The molecule has 1 aliphatic rings. The Hall–Kier alpha value is -3.78. The minimum atomic E-state index is -0.292. The van der Waals surface area contributed by atoms with Crippen LogP contribution >= 0.6 is 11.3 Å². The Kier molecular flexibility index (Phi) is 6.21. The van der Waals surface area contributed by atoms with Crippen molar-refractivity contribution in [1.29, 1.82) is 0 Å². The molecule has 0 saturated carbocycles. The molecule has 1 aliphatic heterocycles. The van der Waals surface area contributed by atoms with Gasteiger partial charge in [-0.15, -0.1) is 11.3 Å². The fraction of sp³-hybridized carbons (Fsp3) is 0.259. The van der Waals surface area contributed by atoms with Gasteiger partial charge in [0.05, 0.1) is 10.3 Å². The Bertz CT molecular complexity index is 1500. The molecular formula is C27H26N4O3S. The molecule has 0 atom stereocenters. The first-order valence-electron chi connectivity index (χ1n) is 11.7. The van der Waals surface area contributed by atoms with Crippen LogP contribution < -0.4 is 16.2 Å². The topological polar surface area (TPSA) is 93.1 Å². The van der Waals surface area contributed by atoms with Gasteiger partial charge in [-0.05, 0) is 62.1 Å². The number of rotatable bonds is 4. The average Bonchev–Trinajstić information content (AvgIpc) is 3.02. The predicted molar refractivity (Wildman–Crippen MR) is 140 cm³/mol. The molecule has 2 aromatic carbocycles. The van der Waals surface area contributed by atoms with Crippen molar-refractivity contribution >= 4 is 44.7 Å². The number of hydrogen-bond acceptors (Lipinski definition) is 5. The van der Waals surface area contributed by atoms with Crippen LogP contribution in [-0.2, 0) is 13.0 Å². The highest BCUT2D eigenvalue weighted by atomic mass is 32.1. The van der Waals surface area contributed by atoms with E-state index < -0.39 is 0 Å². The summed E-state index contributed by atoms with van der Waals surface area (Å²) in [5, 5.41) is 6.41. The summed E-state index contributed by atoms with van der Waals surface area (Å²) < 4.78 is 1.78. The second kappa shape index (κ2) is 9.46. The van der Waals surface area contributed by atoms with Crippen molar-refractivity contribution in [3.05, 3.63) is 86.3 Å². The lowest BCUT2D eigenvalue weighted by molar-refractivity contribution is 0.102. The number of benzene rings is 2. The fourth-order valence-electron chi connectivity index (χ4n) is 4.50. The SMILES string of the molecule is Cc1c(NC(=O)c2ccccc2)cccc1NC(=O)c1sc2nc3n(c(=O)c2c1C)CCCCC3. The zero-order chi connectivity index (χ0) is 24.5. The summed E-state index contributed by atoms with van der Waals surface area (Å²) in [6, 6.07) is 14.3. The van der Waals surface area contributed by atoms with Crippen LogP contribution in [0.2, 0.25) is 0 Å². The van der Waals surface area contributed by atoms with Gasteiger partial charge < -0.3 is 10.6 Å². The van der Waals surface area contributed by atoms with Gasteiger partial charge in [-0.2, -0.15) is 0 Å². The molecule has 0 spiro atoms. The Morgan fingerprint density at radius 2 is 1.60 bits per heavy atom. The first-order chi connectivity index (χ1) is 16.9. The molecule has 2 amide bonds. The third-order valence-electron chi connectivity index (χ3n) is 6.48. The zero-order valence-electron chi connectivity index (χ0n) is 19.7. The van der Waals surface area contributed by atoms with Crippen LogP contribution in [0.25, 0.3) is 10.2 Å². The van der Waals surface area contributed by atoms with E-state index in [1.807, 2.05) is 32.0 Å². The summed E-state index contributed by atoms with van der Waals surface area (Å²) in [5.74, 6) is 0.300. The summed E-state index contributed by atoms with van der Waals surface area (Å²) in [7, 11) is 0. The van der Waals surface area contributed by atoms with Gasteiger partial charge in [0.2, 0.25) is 0 Å². The average molecular weight is 487 g/mol. The molecule has 2 aromatic heterocycles. The zero-order valence-corrected chi connectivity index (χ0v) is 20.5. The maximum absolute atomic E-state index is 13.3. The van der Waals surface area contributed by atoms with Gasteiger partial charge in [0, 0.05) is 29.9 Å². The van der Waals surface area contributed by atoms with Crippen LogP contribution in [0.5, 0.6) is 0 Å². The highest BCUT2D eigenvalue weighted by Gasteiger charge is 2.23. The number of hydrogen-bond donors (Lipinski definition) is 2. The van der Waals surface area contributed by atoms with Crippen molar-refractivity contribution in [2.24, 2.45) is 0 Å². The molecule has 0 unspecified atom stereocenters. The molecule has 0 fully saturated rings. The fourth-order valence-corrected chi connectivity index (χ4v) is 5.58. The van der Waals surface area contributed by atoms with Crippen molar-refractivity contribution in [2.75, 3.05) is 10.6 Å². The van der Waals surface area contributed by atoms with Crippen molar-refractivity contribution in [3.63, 3.8) is 0 Å². The van der Waals surface area contributed by atoms with Crippen molar-refractivity contribution in [2.45, 2.75) is 46.1 Å². The monoisotopic (exact) mass is 486 g/mol. The molecule has 7 nitrogen and oxygen atoms in total. The number of carbonyl (C=O) groups is 2. The molecule has 178 valence electrons. The van der Waals surface area contributed by atoms with Crippen molar-refractivity contribution in [1.82, 2.24) is 9.55 Å². The van der Waals surface area contributed by atoms with Gasteiger partial charge in [-0.25, -0.2) is 4.98 Å². The van der Waals surface area contributed by atoms with Crippen LogP contribution in [0, 0.1) is 13.8 Å². The van der Waals surface area contributed by atoms with Crippen LogP contribution in [-0.4, -0.2) is 21.4 Å². The van der Waals surface area contributed by atoms with Crippen LogP contribution in [0.15, 0.2) is 53.3 Å². The normalized spacial score (nSPS) is 13.2. The largest absolute Gasteiger partial charge is 0.322 e. The van der Waals surface area contributed by atoms with Gasteiger partial charge in [0.25, 0.3) is 17.4 Å². The Morgan fingerprint density at radius 3 is 2.34 bits per heavy atom. The number of nitrogens with zero attached hydrogens (tertiary/aromatic N) is 2. The molecule has 0 saturated heterocycles. The van der Waals surface area contributed by atoms with E-state index in [1.54, 1.807) is 34.9 Å².